The maximum Gasteiger partial charge on any atom is 0.308 e. The van der Waals surface area contributed by atoms with E-state index in [0.717, 1.165) is 31.4 Å². The Morgan fingerprint density at radius 3 is 2.73 bits per heavy atom. The zero-order valence-corrected chi connectivity index (χ0v) is 8.81. The molecule has 0 spiro atoms. The minimum absolute atomic E-state index is 0.0754. The van der Waals surface area contributed by atoms with Crippen LogP contribution >= 0.6 is 0 Å². The summed E-state index contributed by atoms with van der Waals surface area (Å²) in [6.45, 7) is 0. The molecule has 0 atom stereocenters. The Morgan fingerprint density at radius 2 is 2.20 bits per heavy atom. The van der Waals surface area contributed by atoms with E-state index in [2.05, 4.69) is 5.16 Å². The Bertz CT molecular complexity index is 313. The number of carbonyl (C=O) groups excluding carboxylic acids is 1. The van der Waals surface area contributed by atoms with Gasteiger partial charge in [-0.05, 0) is 25.7 Å². The maximum atomic E-state index is 11.3. The highest BCUT2D eigenvalue weighted by molar-refractivity contribution is 5.72. The van der Waals surface area contributed by atoms with Crippen LogP contribution in [0.5, 0.6) is 0 Å². The summed E-state index contributed by atoms with van der Waals surface area (Å²) in [5.74, 6) is 0.455. The van der Waals surface area contributed by atoms with E-state index < -0.39 is 0 Å². The highest BCUT2D eigenvalue weighted by atomic mass is 16.5. The summed E-state index contributed by atoms with van der Waals surface area (Å²) in [5, 5.41) is 3.94. The van der Waals surface area contributed by atoms with Gasteiger partial charge in [0, 0.05) is 12.0 Å². The molecular weight excluding hydrogens is 194 g/mol. The van der Waals surface area contributed by atoms with Crippen molar-refractivity contribution in [2.75, 3.05) is 7.11 Å². The lowest BCUT2D eigenvalue weighted by Crippen LogP contribution is -2.22. The van der Waals surface area contributed by atoms with Crippen molar-refractivity contribution in [1.29, 1.82) is 0 Å². The number of esters is 1. The molecule has 2 rings (SSSR count). The number of ether oxygens (including phenoxy) is 1. The van der Waals surface area contributed by atoms with Gasteiger partial charge in [0.1, 0.15) is 6.26 Å². The van der Waals surface area contributed by atoms with E-state index in [0.29, 0.717) is 5.92 Å². The number of carbonyl (C=O) groups is 1. The molecule has 0 unspecified atom stereocenters. The Morgan fingerprint density at radius 1 is 1.47 bits per heavy atom. The minimum Gasteiger partial charge on any atom is -0.469 e. The van der Waals surface area contributed by atoms with E-state index in [1.807, 2.05) is 6.07 Å². The molecule has 1 aliphatic carbocycles. The zero-order valence-electron chi connectivity index (χ0n) is 8.81. The van der Waals surface area contributed by atoms with Crippen LogP contribution in [0.25, 0.3) is 0 Å². The first-order chi connectivity index (χ1) is 7.31. The number of rotatable bonds is 2. The van der Waals surface area contributed by atoms with Crippen LogP contribution in [0.3, 0.4) is 0 Å². The van der Waals surface area contributed by atoms with Crippen LogP contribution in [-0.2, 0) is 9.53 Å². The number of hydrogen-bond acceptors (Lipinski definition) is 4. The van der Waals surface area contributed by atoms with Gasteiger partial charge in [-0.3, -0.25) is 4.79 Å². The SMILES string of the molecule is COC(=O)C1CCC(c2ccon2)CC1. The van der Waals surface area contributed by atoms with Crippen LogP contribution in [-0.4, -0.2) is 18.2 Å². The van der Waals surface area contributed by atoms with Crippen molar-refractivity contribution in [2.45, 2.75) is 31.6 Å². The van der Waals surface area contributed by atoms with Crippen molar-refractivity contribution in [2.24, 2.45) is 5.92 Å². The first-order valence-electron chi connectivity index (χ1n) is 5.29. The minimum atomic E-state index is -0.0754. The average molecular weight is 209 g/mol. The molecule has 1 heterocycles. The quantitative estimate of drug-likeness (QED) is 0.700. The molecule has 0 N–H and O–H groups in total. The predicted octanol–water partition coefficient (Wildman–Crippen LogP) is 2.12. The molecule has 0 amide bonds. The van der Waals surface area contributed by atoms with E-state index >= 15 is 0 Å². The lowest BCUT2D eigenvalue weighted by Gasteiger charge is -2.25. The summed E-state index contributed by atoms with van der Waals surface area (Å²) in [7, 11) is 1.45. The molecular formula is C11H15NO3. The second-order valence-electron chi connectivity index (χ2n) is 4.00. The van der Waals surface area contributed by atoms with Crippen LogP contribution in [0, 0.1) is 5.92 Å². The summed E-state index contributed by atoms with van der Waals surface area (Å²) in [4.78, 5) is 11.3. The number of aromatic nitrogens is 1. The number of hydrogen-bond donors (Lipinski definition) is 0. The third-order valence-electron chi connectivity index (χ3n) is 3.14. The van der Waals surface area contributed by atoms with Gasteiger partial charge in [0.05, 0.1) is 18.7 Å². The third kappa shape index (κ3) is 2.19. The lowest BCUT2D eigenvalue weighted by molar-refractivity contribution is -0.146. The summed E-state index contributed by atoms with van der Waals surface area (Å²) < 4.78 is 9.56. The predicted molar refractivity (Wildman–Crippen MR) is 53.2 cm³/mol. The van der Waals surface area contributed by atoms with Crippen LogP contribution in [0.2, 0.25) is 0 Å². The Hall–Kier alpha value is -1.32. The first kappa shape index (κ1) is 10.2. The fourth-order valence-corrected chi connectivity index (χ4v) is 2.22. The molecule has 1 saturated carbocycles. The molecule has 0 aromatic carbocycles. The van der Waals surface area contributed by atoms with Gasteiger partial charge in [-0.2, -0.15) is 0 Å². The fraction of sp³-hybridized carbons (Fsp3) is 0.636. The molecule has 82 valence electrons. The van der Waals surface area contributed by atoms with Crippen molar-refractivity contribution in [3.05, 3.63) is 18.0 Å². The first-order valence-corrected chi connectivity index (χ1v) is 5.29. The van der Waals surface area contributed by atoms with Gasteiger partial charge in [0.15, 0.2) is 0 Å². The Balaban J connectivity index is 1.90. The molecule has 1 aromatic rings. The third-order valence-corrected chi connectivity index (χ3v) is 3.14. The van der Waals surface area contributed by atoms with Gasteiger partial charge >= 0.3 is 5.97 Å². The molecule has 0 bridgehead atoms. The molecule has 0 aliphatic heterocycles. The lowest BCUT2D eigenvalue weighted by atomic mass is 9.80. The van der Waals surface area contributed by atoms with Gasteiger partial charge < -0.3 is 9.26 Å². The van der Waals surface area contributed by atoms with Crippen LogP contribution < -0.4 is 0 Å². The molecule has 0 radical (unpaired) electrons. The monoisotopic (exact) mass is 209 g/mol. The zero-order chi connectivity index (χ0) is 10.7. The van der Waals surface area contributed by atoms with Crippen LogP contribution in [0.1, 0.15) is 37.3 Å². The Labute approximate surface area is 88.6 Å². The van der Waals surface area contributed by atoms with E-state index in [4.69, 9.17) is 9.26 Å². The molecule has 1 aromatic heterocycles. The van der Waals surface area contributed by atoms with E-state index in [9.17, 15) is 4.79 Å². The van der Waals surface area contributed by atoms with Crippen LogP contribution in [0.15, 0.2) is 16.9 Å². The van der Waals surface area contributed by atoms with Gasteiger partial charge in [0.25, 0.3) is 0 Å². The van der Waals surface area contributed by atoms with Gasteiger partial charge in [0.2, 0.25) is 0 Å². The highest BCUT2D eigenvalue weighted by Crippen LogP contribution is 2.35. The van der Waals surface area contributed by atoms with Gasteiger partial charge in [-0.15, -0.1) is 0 Å². The van der Waals surface area contributed by atoms with Crippen molar-refractivity contribution >= 4 is 5.97 Å². The molecule has 4 heteroatoms. The van der Waals surface area contributed by atoms with Crippen LogP contribution in [0.4, 0.5) is 0 Å². The summed E-state index contributed by atoms with van der Waals surface area (Å²) >= 11 is 0. The Kier molecular flexibility index (Phi) is 3.04. The fourth-order valence-electron chi connectivity index (χ4n) is 2.22. The van der Waals surface area contributed by atoms with Crippen molar-refractivity contribution in [1.82, 2.24) is 5.16 Å². The van der Waals surface area contributed by atoms with Crippen molar-refractivity contribution in [3.8, 4) is 0 Å². The van der Waals surface area contributed by atoms with E-state index in [-0.39, 0.29) is 11.9 Å². The number of methoxy groups -OCH3 is 1. The second kappa shape index (κ2) is 4.47. The summed E-state index contributed by atoms with van der Waals surface area (Å²) in [6, 6.07) is 1.91. The molecule has 0 saturated heterocycles. The van der Waals surface area contributed by atoms with Gasteiger partial charge in [-0.1, -0.05) is 5.16 Å². The smallest absolute Gasteiger partial charge is 0.308 e. The maximum absolute atomic E-state index is 11.3. The summed E-state index contributed by atoms with van der Waals surface area (Å²) in [5.41, 5.74) is 1.01. The summed E-state index contributed by atoms with van der Waals surface area (Å²) in [6.07, 6.45) is 5.37. The van der Waals surface area contributed by atoms with E-state index in [1.165, 1.54) is 7.11 Å². The molecule has 4 nitrogen and oxygen atoms in total. The van der Waals surface area contributed by atoms with E-state index in [1.54, 1.807) is 6.26 Å². The highest BCUT2D eigenvalue weighted by Gasteiger charge is 2.28. The largest absolute Gasteiger partial charge is 0.469 e. The number of nitrogens with zero attached hydrogens (tertiary/aromatic N) is 1. The molecule has 15 heavy (non-hydrogen) atoms. The topological polar surface area (TPSA) is 52.3 Å². The average Bonchev–Trinajstić information content (AvgIpc) is 2.82. The molecule has 1 fully saturated rings. The van der Waals surface area contributed by atoms with Crippen molar-refractivity contribution in [3.63, 3.8) is 0 Å². The van der Waals surface area contributed by atoms with Crippen molar-refractivity contribution < 1.29 is 14.1 Å². The van der Waals surface area contributed by atoms with Gasteiger partial charge in [-0.25, -0.2) is 0 Å². The second-order valence-corrected chi connectivity index (χ2v) is 4.00. The molecule has 1 aliphatic rings. The normalized spacial score (nSPS) is 26.2. The standard InChI is InChI=1S/C11H15NO3/c1-14-11(13)9-4-2-8(3-5-9)10-6-7-15-12-10/h6-9H,2-5H2,1H3.